The molecule has 0 aliphatic carbocycles. The molecule has 2 heterocycles. The summed E-state index contributed by atoms with van der Waals surface area (Å²) in [6.07, 6.45) is 0.655. The predicted octanol–water partition coefficient (Wildman–Crippen LogP) is 0.202. The first kappa shape index (κ1) is 19.1. The fraction of sp³-hybridized carbons (Fsp3) is 0.500. The van der Waals surface area contributed by atoms with E-state index >= 15 is 0 Å². The molecule has 1 saturated heterocycles. The number of amides is 4. The lowest BCUT2D eigenvalue weighted by molar-refractivity contribution is -0.129. The third kappa shape index (κ3) is 3.89. The molecule has 132 valence electrons. The summed E-state index contributed by atoms with van der Waals surface area (Å²) in [4.78, 5) is 46.3. The van der Waals surface area contributed by atoms with Crippen LogP contribution < -0.4 is 5.32 Å². The highest BCUT2D eigenvalue weighted by Crippen LogP contribution is 2.19. The predicted molar refractivity (Wildman–Crippen MR) is 84.4 cm³/mol. The number of hydrogen-bond acceptors (Lipinski definition) is 5. The van der Waals surface area contributed by atoms with Crippen LogP contribution in [0.3, 0.4) is 0 Å². The van der Waals surface area contributed by atoms with E-state index in [4.69, 9.17) is 9.90 Å². The zero-order valence-electron chi connectivity index (χ0n) is 14.0. The fourth-order valence-corrected chi connectivity index (χ4v) is 2.42. The largest absolute Gasteiger partial charge is 0.483 e. The average molecular weight is 339 g/mol. The van der Waals surface area contributed by atoms with E-state index in [1.165, 1.54) is 19.0 Å². The molecule has 10 heteroatoms. The van der Waals surface area contributed by atoms with Crippen LogP contribution in [0.15, 0.2) is 0 Å². The second-order valence-corrected chi connectivity index (χ2v) is 5.19. The van der Waals surface area contributed by atoms with Crippen LogP contribution in [0, 0.1) is 6.92 Å². The number of imide groups is 1. The first-order valence-electron chi connectivity index (χ1n) is 7.24. The molecule has 0 bridgehead atoms. The maximum atomic E-state index is 12.1. The summed E-state index contributed by atoms with van der Waals surface area (Å²) in [5, 5.41) is 16.4. The highest BCUT2D eigenvalue weighted by atomic mass is 16.3. The topological polar surface area (TPSA) is 136 Å². The number of rotatable bonds is 4. The third-order valence-electron chi connectivity index (χ3n) is 3.74. The van der Waals surface area contributed by atoms with E-state index in [-0.39, 0.29) is 24.7 Å². The Balaban J connectivity index is 0.000000891. The summed E-state index contributed by atoms with van der Waals surface area (Å²) in [5.41, 5.74) is 1.83. The second-order valence-electron chi connectivity index (χ2n) is 5.19. The Labute approximate surface area is 138 Å². The molecule has 1 fully saturated rings. The van der Waals surface area contributed by atoms with Gasteiger partial charge in [-0.15, -0.1) is 0 Å². The van der Waals surface area contributed by atoms with Crippen molar-refractivity contribution in [2.45, 2.75) is 32.7 Å². The van der Waals surface area contributed by atoms with Crippen LogP contribution in [-0.4, -0.2) is 69.6 Å². The normalized spacial score (nSPS) is 16.8. The molecular weight excluding hydrogens is 318 g/mol. The number of nitrogens with zero attached hydrogens (tertiary/aromatic N) is 3. The Morgan fingerprint density at radius 3 is 2.46 bits per heavy atom. The van der Waals surface area contributed by atoms with Crippen LogP contribution in [0.2, 0.25) is 0 Å². The second kappa shape index (κ2) is 8.09. The molecule has 0 aromatic carbocycles. The molecule has 1 aliphatic rings. The van der Waals surface area contributed by atoms with Crippen molar-refractivity contribution in [3.8, 4) is 0 Å². The first-order valence-corrected chi connectivity index (χ1v) is 7.24. The van der Waals surface area contributed by atoms with Crippen LogP contribution in [0.25, 0.3) is 0 Å². The number of hydrogen-bond donors (Lipinski definition) is 3. The molecule has 24 heavy (non-hydrogen) atoms. The highest BCUT2D eigenvalue weighted by Gasteiger charge is 2.41. The van der Waals surface area contributed by atoms with Gasteiger partial charge in [-0.25, -0.2) is 4.79 Å². The van der Waals surface area contributed by atoms with Crippen molar-refractivity contribution in [1.29, 1.82) is 0 Å². The Morgan fingerprint density at radius 2 is 2.00 bits per heavy atom. The van der Waals surface area contributed by atoms with Crippen LogP contribution in [0.4, 0.5) is 10.6 Å². The van der Waals surface area contributed by atoms with E-state index in [9.17, 15) is 14.4 Å². The van der Waals surface area contributed by atoms with Crippen molar-refractivity contribution in [3.05, 3.63) is 11.3 Å². The van der Waals surface area contributed by atoms with E-state index in [0.29, 0.717) is 5.82 Å². The molecule has 3 N–H and O–H groups in total. The molecule has 1 atom stereocenters. The van der Waals surface area contributed by atoms with Gasteiger partial charge in [-0.05, 0) is 13.3 Å². The van der Waals surface area contributed by atoms with E-state index in [2.05, 4.69) is 15.5 Å². The Morgan fingerprint density at radius 1 is 1.42 bits per heavy atom. The number of aryl methyl sites for hydroxylation is 1. The van der Waals surface area contributed by atoms with Crippen molar-refractivity contribution >= 4 is 30.1 Å². The number of carbonyl (C=O) groups excluding carboxylic acids is 3. The lowest BCUT2D eigenvalue weighted by atomic mass is 10.1. The maximum absolute atomic E-state index is 12.1. The summed E-state index contributed by atoms with van der Waals surface area (Å²) >= 11 is 0. The molecule has 4 amide bonds. The average Bonchev–Trinajstić information content (AvgIpc) is 2.97. The van der Waals surface area contributed by atoms with E-state index in [0.717, 1.165) is 22.6 Å². The van der Waals surface area contributed by atoms with Crippen molar-refractivity contribution < 1.29 is 24.3 Å². The minimum Gasteiger partial charge on any atom is -0.483 e. The molecule has 1 aromatic rings. The van der Waals surface area contributed by atoms with Gasteiger partial charge in [0.25, 0.3) is 12.4 Å². The summed E-state index contributed by atoms with van der Waals surface area (Å²) in [5.74, 6) is -0.233. The fourth-order valence-electron chi connectivity index (χ4n) is 2.42. The number of urea groups is 1. The third-order valence-corrected chi connectivity index (χ3v) is 3.74. The highest BCUT2D eigenvalue weighted by molar-refractivity contribution is 6.06. The van der Waals surface area contributed by atoms with Gasteiger partial charge in [0.15, 0.2) is 5.82 Å². The summed E-state index contributed by atoms with van der Waals surface area (Å²) < 4.78 is 0. The van der Waals surface area contributed by atoms with Gasteiger partial charge in [0.05, 0.1) is 6.42 Å². The monoisotopic (exact) mass is 339 g/mol. The number of aromatic amines is 1. The minimum atomic E-state index is -0.757. The number of H-pyrrole nitrogens is 1. The van der Waals surface area contributed by atoms with Gasteiger partial charge in [-0.1, -0.05) is 6.92 Å². The van der Waals surface area contributed by atoms with E-state index in [1.54, 1.807) is 0 Å². The van der Waals surface area contributed by atoms with Gasteiger partial charge in [0.1, 0.15) is 6.04 Å². The molecule has 0 spiro atoms. The molecular formula is C14H21N5O5. The molecule has 1 aliphatic heterocycles. The number of nitrogens with one attached hydrogen (secondary N) is 2. The molecule has 10 nitrogen and oxygen atoms in total. The lowest BCUT2D eigenvalue weighted by Gasteiger charge is -2.15. The lowest BCUT2D eigenvalue weighted by Crippen LogP contribution is -2.35. The van der Waals surface area contributed by atoms with Gasteiger partial charge in [-0.2, -0.15) is 5.10 Å². The van der Waals surface area contributed by atoms with Crippen molar-refractivity contribution in [2.75, 3.05) is 19.4 Å². The van der Waals surface area contributed by atoms with Crippen LogP contribution >= 0.6 is 0 Å². The minimum absolute atomic E-state index is 0.0829. The number of anilines is 1. The zero-order chi connectivity index (χ0) is 18.4. The first-order chi connectivity index (χ1) is 11.3. The van der Waals surface area contributed by atoms with Gasteiger partial charge in [0, 0.05) is 25.4 Å². The molecule has 0 radical (unpaired) electrons. The summed E-state index contributed by atoms with van der Waals surface area (Å²) in [6.45, 7) is 3.60. The Bertz CT molecular complexity index is 641. The summed E-state index contributed by atoms with van der Waals surface area (Å²) in [6, 6.07) is -1.16. The standard InChI is InChI=1S/C13H19N5O3.CH2O2/c1-5-8-7(2)15-16-11(8)14-10(19)6-9-12(20)18(4)13(21)17(9)3;2-1-3/h9H,5-6H2,1-4H3,(H2,14,15,16,19);1H,(H,2,3). The number of carboxylic acid groups (broad SMARTS) is 1. The van der Waals surface area contributed by atoms with Gasteiger partial charge >= 0.3 is 6.03 Å². The van der Waals surface area contributed by atoms with Crippen LogP contribution in [0.5, 0.6) is 0 Å². The number of likely N-dealkylation sites (N-methyl/N-ethyl adjacent to an activating group) is 2. The van der Waals surface area contributed by atoms with Crippen molar-refractivity contribution in [3.63, 3.8) is 0 Å². The van der Waals surface area contributed by atoms with Gasteiger partial charge in [0.2, 0.25) is 5.91 Å². The van der Waals surface area contributed by atoms with E-state index < -0.39 is 12.1 Å². The molecule has 0 saturated carbocycles. The van der Waals surface area contributed by atoms with Crippen molar-refractivity contribution in [1.82, 2.24) is 20.0 Å². The number of carbonyl (C=O) groups is 4. The van der Waals surface area contributed by atoms with Crippen LogP contribution in [0.1, 0.15) is 24.6 Å². The zero-order valence-corrected chi connectivity index (χ0v) is 14.0. The maximum Gasteiger partial charge on any atom is 0.326 e. The molecule has 1 unspecified atom stereocenters. The smallest absolute Gasteiger partial charge is 0.326 e. The quantitative estimate of drug-likeness (QED) is 0.530. The summed E-state index contributed by atoms with van der Waals surface area (Å²) in [7, 11) is 2.92. The Kier molecular flexibility index (Phi) is 6.45. The van der Waals surface area contributed by atoms with Gasteiger partial charge < -0.3 is 15.3 Å². The van der Waals surface area contributed by atoms with Crippen LogP contribution in [-0.2, 0) is 20.8 Å². The SMILES string of the molecule is CCc1c(NC(=O)CC2C(=O)N(C)C(=O)N2C)n[nH]c1C.O=CO. The van der Waals surface area contributed by atoms with Gasteiger partial charge in [-0.3, -0.25) is 24.4 Å². The van der Waals surface area contributed by atoms with Crippen molar-refractivity contribution in [2.24, 2.45) is 0 Å². The number of aromatic nitrogens is 2. The molecule has 2 rings (SSSR count). The Hall–Kier alpha value is -2.91. The molecule has 1 aromatic heterocycles. The van der Waals surface area contributed by atoms with E-state index in [1.807, 2.05) is 13.8 Å².